The summed E-state index contributed by atoms with van der Waals surface area (Å²) in [5, 5.41) is 9.93. The summed E-state index contributed by atoms with van der Waals surface area (Å²) < 4.78 is 5.55. The summed E-state index contributed by atoms with van der Waals surface area (Å²) in [6.07, 6.45) is -0.341. The fourth-order valence-corrected chi connectivity index (χ4v) is 3.21. The molecule has 1 heterocycles. The van der Waals surface area contributed by atoms with Crippen molar-refractivity contribution in [3.05, 3.63) is 35.9 Å². The van der Waals surface area contributed by atoms with Gasteiger partial charge in [-0.05, 0) is 5.56 Å². The SMILES string of the molecule is O[C@H](COCc1ccccc1)C[NH+]1CCSCC1. The van der Waals surface area contributed by atoms with E-state index in [9.17, 15) is 5.11 Å². The molecule has 1 aliphatic heterocycles. The molecule has 0 radical (unpaired) electrons. The van der Waals surface area contributed by atoms with Crippen molar-refractivity contribution in [2.24, 2.45) is 0 Å². The van der Waals surface area contributed by atoms with Gasteiger partial charge in [0.05, 0.1) is 26.3 Å². The largest absolute Gasteiger partial charge is 0.385 e. The van der Waals surface area contributed by atoms with Gasteiger partial charge in [0.25, 0.3) is 0 Å². The third-order valence-electron chi connectivity index (χ3n) is 3.15. The van der Waals surface area contributed by atoms with Gasteiger partial charge < -0.3 is 14.7 Å². The van der Waals surface area contributed by atoms with Crippen LogP contribution in [0.4, 0.5) is 0 Å². The van der Waals surface area contributed by atoms with Crippen molar-refractivity contribution in [1.29, 1.82) is 0 Å². The standard InChI is InChI=1S/C14H21NO2S/c16-14(10-15-6-8-18-9-7-15)12-17-11-13-4-2-1-3-5-13/h1-5,14,16H,6-12H2/p+1/t14-/m0/s1. The van der Waals surface area contributed by atoms with Gasteiger partial charge in [0.2, 0.25) is 0 Å². The Morgan fingerprint density at radius 1 is 1.22 bits per heavy atom. The Kier molecular flexibility index (Phi) is 6.00. The van der Waals surface area contributed by atoms with Gasteiger partial charge in [-0.15, -0.1) is 0 Å². The lowest BCUT2D eigenvalue weighted by Gasteiger charge is -2.25. The molecule has 1 aromatic rings. The zero-order valence-electron chi connectivity index (χ0n) is 10.7. The van der Waals surface area contributed by atoms with Crippen LogP contribution in [0.2, 0.25) is 0 Å². The zero-order valence-corrected chi connectivity index (χ0v) is 11.5. The molecule has 0 aromatic heterocycles. The molecule has 1 saturated heterocycles. The summed E-state index contributed by atoms with van der Waals surface area (Å²) in [7, 11) is 0. The highest BCUT2D eigenvalue weighted by Gasteiger charge is 2.18. The first-order chi connectivity index (χ1) is 8.84. The molecular weight excluding hydrogens is 246 g/mol. The quantitative estimate of drug-likeness (QED) is 0.773. The Hall–Kier alpha value is -0.550. The zero-order chi connectivity index (χ0) is 12.6. The van der Waals surface area contributed by atoms with Gasteiger partial charge in [-0.25, -0.2) is 0 Å². The minimum Gasteiger partial charge on any atom is -0.385 e. The number of quaternary nitrogens is 1. The van der Waals surface area contributed by atoms with Crippen molar-refractivity contribution in [1.82, 2.24) is 0 Å². The van der Waals surface area contributed by atoms with E-state index in [4.69, 9.17) is 4.74 Å². The number of ether oxygens (including phenoxy) is 1. The summed E-state index contributed by atoms with van der Waals surface area (Å²) in [6.45, 7) is 4.17. The predicted octanol–water partition coefficient (Wildman–Crippen LogP) is 0.196. The number of rotatable bonds is 6. The molecule has 0 amide bonds. The lowest BCUT2D eigenvalue weighted by Crippen LogP contribution is -3.14. The highest BCUT2D eigenvalue weighted by atomic mass is 32.2. The molecule has 0 bridgehead atoms. The van der Waals surface area contributed by atoms with Gasteiger partial charge in [0.1, 0.15) is 12.6 Å². The minimum atomic E-state index is -0.341. The molecule has 1 atom stereocenters. The van der Waals surface area contributed by atoms with Crippen LogP contribution in [0.1, 0.15) is 5.56 Å². The van der Waals surface area contributed by atoms with E-state index < -0.39 is 0 Å². The maximum absolute atomic E-state index is 9.93. The Bertz CT molecular complexity index is 328. The molecule has 0 unspecified atom stereocenters. The monoisotopic (exact) mass is 268 g/mol. The molecule has 0 aliphatic carbocycles. The first-order valence-electron chi connectivity index (χ1n) is 6.55. The van der Waals surface area contributed by atoms with Gasteiger partial charge in [0.15, 0.2) is 0 Å². The van der Waals surface area contributed by atoms with E-state index in [2.05, 4.69) is 0 Å². The minimum absolute atomic E-state index is 0.341. The Morgan fingerprint density at radius 2 is 1.94 bits per heavy atom. The number of aliphatic hydroxyl groups excluding tert-OH is 1. The number of aliphatic hydroxyl groups is 1. The molecule has 100 valence electrons. The molecule has 1 aromatic carbocycles. The average Bonchev–Trinajstić information content (AvgIpc) is 2.41. The Balaban J connectivity index is 1.61. The molecule has 3 nitrogen and oxygen atoms in total. The van der Waals surface area contributed by atoms with Gasteiger partial charge in [-0.3, -0.25) is 0 Å². The van der Waals surface area contributed by atoms with Crippen LogP contribution < -0.4 is 4.90 Å². The molecule has 18 heavy (non-hydrogen) atoms. The van der Waals surface area contributed by atoms with Gasteiger partial charge in [-0.2, -0.15) is 11.8 Å². The van der Waals surface area contributed by atoms with E-state index in [1.165, 1.54) is 29.5 Å². The first kappa shape index (κ1) is 13.9. The van der Waals surface area contributed by atoms with Crippen molar-refractivity contribution in [3.63, 3.8) is 0 Å². The molecule has 1 fully saturated rings. The summed E-state index contributed by atoms with van der Waals surface area (Å²) in [6, 6.07) is 10.1. The average molecular weight is 268 g/mol. The van der Waals surface area contributed by atoms with Crippen LogP contribution in [0.25, 0.3) is 0 Å². The lowest BCUT2D eigenvalue weighted by atomic mass is 10.2. The normalized spacial score (nSPS) is 18.7. The summed E-state index contributed by atoms with van der Waals surface area (Å²) in [5.74, 6) is 2.43. The number of hydrogen-bond donors (Lipinski definition) is 2. The van der Waals surface area contributed by atoms with Crippen molar-refractivity contribution in [3.8, 4) is 0 Å². The van der Waals surface area contributed by atoms with Gasteiger partial charge in [0, 0.05) is 11.5 Å². The van der Waals surface area contributed by atoms with Crippen molar-refractivity contribution in [2.75, 3.05) is 37.7 Å². The molecule has 0 saturated carbocycles. The topological polar surface area (TPSA) is 33.9 Å². The fourth-order valence-electron chi connectivity index (χ4n) is 2.14. The second kappa shape index (κ2) is 7.79. The van der Waals surface area contributed by atoms with Crippen molar-refractivity contribution < 1.29 is 14.7 Å². The van der Waals surface area contributed by atoms with Crippen LogP contribution in [-0.2, 0) is 11.3 Å². The number of hydrogen-bond acceptors (Lipinski definition) is 3. The van der Waals surface area contributed by atoms with Crippen LogP contribution in [0.5, 0.6) is 0 Å². The predicted molar refractivity (Wildman–Crippen MR) is 75.0 cm³/mol. The van der Waals surface area contributed by atoms with E-state index in [0.717, 1.165) is 12.1 Å². The van der Waals surface area contributed by atoms with Gasteiger partial charge in [-0.1, -0.05) is 30.3 Å². The molecule has 2 rings (SSSR count). The Morgan fingerprint density at radius 3 is 2.67 bits per heavy atom. The second-order valence-electron chi connectivity index (χ2n) is 4.72. The third-order valence-corrected chi connectivity index (χ3v) is 4.13. The molecule has 0 spiro atoms. The van der Waals surface area contributed by atoms with Crippen LogP contribution >= 0.6 is 11.8 Å². The fraction of sp³-hybridized carbons (Fsp3) is 0.571. The van der Waals surface area contributed by atoms with Crippen molar-refractivity contribution in [2.45, 2.75) is 12.7 Å². The molecule has 1 aliphatic rings. The van der Waals surface area contributed by atoms with Crippen LogP contribution in [0, 0.1) is 0 Å². The smallest absolute Gasteiger partial charge is 0.126 e. The maximum Gasteiger partial charge on any atom is 0.126 e. The molecule has 4 heteroatoms. The van der Waals surface area contributed by atoms with Crippen LogP contribution in [-0.4, -0.2) is 49.0 Å². The van der Waals surface area contributed by atoms with Crippen LogP contribution in [0.3, 0.4) is 0 Å². The van der Waals surface area contributed by atoms with Crippen molar-refractivity contribution >= 4 is 11.8 Å². The summed E-state index contributed by atoms with van der Waals surface area (Å²) >= 11 is 2.01. The third kappa shape index (κ3) is 4.98. The Labute approximate surface area is 113 Å². The van der Waals surface area contributed by atoms with E-state index in [1.54, 1.807) is 0 Å². The van der Waals surface area contributed by atoms with Gasteiger partial charge >= 0.3 is 0 Å². The van der Waals surface area contributed by atoms with E-state index in [0.29, 0.717) is 13.2 Å². The van der Waals surface area contributed by atoms with E-state index in [-0.39, 0.29) is 6.10 Å². The molecular formula is C14H22NO2S+. The number of nitrogens with one attached hydrogen (secondary N) is 1. The summed E-state index contributed by atoms with van der Waals surface area (Å²) in [5.41, 5.74) is 1.16. The van der Waals surface area contributed by atoms with Crippen LogP contribution in [0.15, 0.2) is 30.3 Å². The molecule has 2 N–H and O–H groups in total. The number of thioether (sulfide) groups is 1. The second-order valence-corrected chi connectivity index (χ2v) is 5.95. The highest BCUT2D eigenvalue weighted by molar-refractivity contribution is 7.99. The lowest BCUT2D eigenvalue weighted by molar-refractivity contribution is -0.899. The number of benzene rings is 1. The first-order valence-corrected chi connectivity index (χ1v) is 7.71. The maximum atomic E-state index is 9.93. The highest BCUT2D eigenvalue weighted by Crippen LogP contribution is 2.01. The summed E-state index contributed by atoms with van der Waals surface area (Å²) in [4.78, 5) is 1.50. The van der Waals surface area contributed by atoms with E-state index >= 15 is 0 Å². The van der Waals surface area contributed by atoms with E-state index in [1.807, 2.05) is 42.1 Å².